The molecular formula is C12H32N4Ta-4. The first kappa shape index (κ1) is 30.5. The minimum atomic E-state index is 0. The fourth-order valence-electron chi connectivity index (χ4n) is 0. The molecule has 0 N–H and O–H groups in total. The summed E-state index contributed by atoms with van der Waals surface area (Å²) in [5.41, 5.74) is 0. The fourth-order valence-corrected chi connectivity index (χ4v) is 0. The van der Waals surface area contributed by atoms with Crippen molar-refractivity contribution < 1.29 is 22.4 Å². The van der Waals surface area contributed by atoms with Gasteiger partial charge in [0.2, 0.25) is 0 Å². The fraction of sp³-hybridized carbons (Fsp3) is 1.00. The van der Waals surface area contributed by atoms with Crippen molar-refractivity contribution in [3.63, 3.8) is 0 Å². The van der Waals surface area contributed by atoms with Crippen LogP contribution in [0.1, 0.15) is 27.7 Å². The molecule has 0 aliphatic heterocycles. The Balaban J connectivity index is -0.0000000369. The molecule has 0 unspecified atom stereocenters. The molecular weight excluding hydrogens is 381 g/mol. The Morgan fingerprint density at radius 1 is 0.471 bits per heavy atom. The van der Waals surface area contributed by atoms with Gasteiger partial charge < -0.3 is 21.3 Å². The van der Waals surface area contributed by atoms with E-state index in [1.807, 2.05) is 27.7 Å². The second-order valence-corrected chi connectivity index (χ2v) is 2.53. The van der Waals surface area contributed by atoms with Crippen molar-refractivity contribution in [1.29, 1.82) is 0 Å². The van der Waals surface area contributed by atoms with E-state index in [1.54, 1.807) is 28.2 Å². The van der Waals surface area contributed by atoms with Crippen LogP contribution >= 0.6 is 0 Å². The Morgan fingerprint density at radius 2 is 0.529 bits per heavy atom. The summed E-state index contributed by atoms with van der Waals surface area (Å²) in [4.78, 5) is 0. The standard InChI is InChI=1S/4C3H8N.Ta/c4*1-3-4-2;/h4*3H2,1-2H3;/q4*-1;. The molecule has 0 saturated heterocycles. The number of nitrogens with zero attached hydrogens (tertiary/aromatic N) is 4. The van der Waals surface area contributed by atoms with Crippen LogP contribution in [-0.4, -0.2) is 54.4 Å². The molecule has 0 aliphatic carbocycles. The number of hydrogen-bond donors (Lipinski definition) is 0. The van der Waals surface area contributed by atoms with Crippen molar-refractivity contribution in [2.45, 2.75) is 27.7 Å². The Morgan fingerprint density at radius 3 is 0.529 bits per heavy atom. The van der Waals surface area contributed by atoms with Gasteiger partial charge in [0.25, 0.3) is 0 Å². The number of rotatable bonds is 4. The molecule has 109 valence electrons. The van der Waals surface area contributed by atoms with Gasteiger partial charge in [-0.15, -0.1) is 0 Å². The van der Waals surface area contributed by atoms with Gasteiger partial charge in [0.1, 0.15) is 0 Å². The van der Waals surface area contributed by atoms with Crippen molar-refractivity contribution >= 4 is 0 Å². The smallest absolute Gasteiger partial charge is 0 e. The van der Waals surface area contributed by atoms with Crippen molar-refractivity contribution in [3.05, 3.63) is 21.3 Å². The third-order valence-corrected chi connectivity index (χ3v) is 1.26. The van der Waals surface area contributed by atoms with E-state index in [2.05, 4.69) is 21.3 Å². The van der Waals surface area contributed by atoms with E-state index in [-0.39, 0.29) is 22.4 Å². The second-order valence-electron chi connectivity index (χ2n) is 2.53. The summed E-state index contributed by atoms with van der Waals surface area (Å²) in [5, 5.41) is 14.9. The molecule has 0 fully saturated rings. The number of hydrogen-bond acceptors (Lipinski definition) is 0. The summed E-state index contributed by atoms with van der Waals surface area (Å²) in [7, 11) is 7.22. The van der Waals surface area contributed by atoms with E-state index in [0.717, 1.165) is 26.2 Å². The molecule has 0 amide bonds. The Kier molecular flexibility index (Phi) is 98.2. The van der Waals surface area contributed by atoms with Gasteiger partial charge in [0.05, 0.1) is 0 Å². The van der Waals surface area contributed by atoms with Crippen molar-refractivity contribution in [2.75, 3.05) is 54.4 Å². The Labute approximate surface area is 126 Å². The van der Waals surface area contributed by atoms with Crippen LogP contribution in [0.5, 0.6) is 0 Å². The molecule has 0 saturated carbocycles. The van der Waals surface area contributed by atoms with Gasteiger partial charge in [-0.05, 0) is 0 Å². The largest absolute Gasteiger partial charge is 0.665 e. The van der Waals surface area contributed by atoms with Gasteiger partial charge >= 0.3 is 0 Å². The van der Waals surface area contributed by atoms with E-state index >= 15 is 0 Å². The predicted molar refractivity (Wildman–Crippen MR) is 79.3 cm³/mol. The van der Waals surface area contributed by atoms with Gasteiger partial charge in [-0.1, -0.05) is 27.7 Å². The summed E-state index contributed by atoms with van der Waals surface area (Å²) < 4.78 is 0. The first-order valence-electron chi connectivity index (χ1n) is 5.88. The van der Waals surface area contributed by atoms with E-state index < -0.39 is 0 Å². The molecule has 0 atom stereocenters. The summed E-state index contributed by atoms with van der Waals surface area (Å²) in [5.74, 6) is 0. The molecule has 0 spiro atoms. The first-order valence-corrected chi connectivity index (χ1v) is 5.88. The zero-order valence-electron chi connectivity index (χ0n) is 13.1. The maximum atomic E-state index is 3.74. The van der Waals surface area contributed by atoms with Crippen molar-refractivity contribution in [2.24, 2.45) is 0 Å². The molecule has 0 aromatic heterocycles. The molecule has 17 heavy (non-hydrogen) atoms. The third kappa shape index (κ3) is 168. The third-order valence-electron chi connectivity index (χ3n) is 1.26. The SMILES string of the molecule is CC[N-]C.CC[N-]C.CC[N-]C.CC[N-]C.[Ta]. The van der Waals surface area contributed by atoms with Crippen LogP contribution in [0.3, 0.4) is 0 Å². The maximum absolute atomic E-state index is 3.74. The summed E-state index contributed by atoms with van der Waals surface area (Å²) in [6.45, 7) is 11.8. The van der Waals surface area contributed by atoms with E-state index in [0.29, 0.717) is 0 Å². The molecule has 1 radical (unpaired) electrons. The second kappa shape index (κ2) is 54.7. The minimum absolute atomic E-state index is 0. The first-order chi connectivity index (χ1) is 7.66. The Bertz CT molecular complexity index is 42.5. The molecule has 0 aromatic carbocycles. The van der Waals surface area contributed by atoms with Gasteiger partial charge in [-0.25, -0.2) is 0 Å². The normalized spacial score (nSPS) is 7.06. The van der Waals surface area contributed by atoms with Crippen LogP contribution in [0.25, 0.3) is 21.3 Å². The van der Waals surface area contributed by atoms with Gasteiger partial charge in [0.15, 0.2) is 0 Å². The van der Waals surface area contributed by atoms with Crippen LogP contribution < -0.4 is 0 Å². The molecule has 0 heterocycles. The zero-order valence-corrected chi connectivity index (χ0v) is 16.3. The summed E-state index contributed by atoms with van der Waals surface area (Å²) in [6.07, 6.45) is 0. The zero-order chi connectivity index (χ0) is 13.7. The van der Waals surface area contributed by atoms with Crippen LogP contribution in [0.2, 0.25) is 0 Å². The monoisotopic (exact) mass is 413 g/mol. The molecule has 0 rings (SSSR count). The van der Waals surface area contributed by atoms with Gasteiger partial charge in [-0.2, -0.15) is 54.4 Å². The van der Waals surface area contributed by atoms with E-state index in [1.165, 1.54) is 0 Å². The van der Waals surface area contributed by atoms with Crippen LogP contribution in [0.4, 0.5) is 0 Å². The minimum Gasteiger partial charge on any atom is -0.665 e. The van der Waals surface area contributed by atoms with Gasteiger partial charge in [0, 0.05) is 22.4 Å². The van der Waals surface area contributed by atoms with Crippen molar-refractivity contribution in [3.8, 4) is 0 Å². The topological polar surface area (TPSA) is 56.4 Å². The Hall–Kier alpha value is 0.580. The van der Waals surface area contributed by atoms with Crippen LogP contribution in [-0.2, 0) is 22.4 Å². The average Bonchev–Trinajstić information content (AvgIpc) is 2.39. The average molecular weight is 413 g/mol. The molecule has 0 aliphatic rings. The maximum Gasteiger partial charge on any atom is 0 e. The molecule has 5 heteroatoms. The summed E-state index contributed by atoms with van der Waals surface area (Å²) in [6, 6.07) is 0. The summed E-state index contributed by atoms with van der Waals surface area (Å²) >= 11 is 0. The molecule has 4 nitrogen and oxygen atoms in total. The quantitative estimate of drug-likeness (QED) is 0.668. The molecule has 0 aromatic rings. The van der Waals surface area contributed by atoms with Crippen LogP contribution in [0, 0.1) is 0 Å². The predicted octanol–water partition coefficient (Wildman–Crippen LogP) is 4.04. The van der Waals surface area contributed by atoms with Crippen molar-refractivity contribution in [1.82, 2.24) is 0 Å². The van der Waals surface area contributed by atoms with Gasteiger partial charge in [-0.3, -0.25) is 0 Å². The van der Waals surface area contributed by atoms with Crippen LogP contribution in [0.15, 0.2) is 0 Å². The van der Waals surface area contributed by atoms with E-state index in [9.17, 15) is 0 Å². The molecule has 0 bridgehead atoms. The van der Waals surface area contributed by atoms with E-state index in [4.69, 9.17) is 0 Å².